The first-order valence-corrected chi connectivity index (χ1v) is 15.6. The van der Waals surface area contributed by atoms with Gasteiger partial charge in [0.05, 0.1) is 11.0 Å². The maximum Gasteiger partial charge on any atom is 0.0547 e. The number of hydrogen-bond acceptors (Lipinski definition) is 0. The third kappa shape index (κ3) is 4.83. The molecule has 1 heterocycles. The van der Waals surface area contributed by atoms with Crippen LogP contribution in [0.1, 0.15) is 11.1 Å². The molecule has 8 rings (SSSR count). The van der Waals surface area contributed by atoms with E-state index in [0.717, 1.165) is 5.69 Å². The average molecular weight is 576 g/mol. The van der Waals surface area contributed by atoms with Crippen LogP contribution in [0.3, 0.4) is 0 Å². The molecule has 0 aliphatic rings. The lowest BCUT2D eigenvalue weighted by molar-refractivity contribution is 1.18. The Morgan fingerprint density at radius 1 is 0.333 bits per heavy atom. The van der Waals surface area contributed by atoms with Crippen molar-refractivity contribution in [2.45, 2.75) is 13.8 Å². The summed E-state index contributed by atoms with van der Waals surface area (Å²) in [5, 5.41) is 2.54. The maximum atomic E-state index is 2.41. The molecular weight excluding hydrogens is 542 g/mol. The van der Waals surface area contributed by atoms with Gasteiger partial charge in [-0.25, -0.2) is 0 Å². The topological polar surface area (TPSA) is 4.93 Å². The molecule has 0 aliphatic carbocycles. The van der Waals surface area contributed by atoms with Crippen LogP contribution >= 0.6 is 0 Å². The number of aromatic nitrogens is 1. The Morgan fingerprint density at radius 2 is 0.844 bits per heavy atom. The molecule has 0 atom stereocenters. The summed E-state index contributed by atoms with van der Waals surface area (Å²) in [5.74, 6) is 0. The van der Waals surface area contributed by atoms with Crippen molar-refractivity contribution in [2.24, 2.45) is 0 Å². The number of para-hydroxylation sites is 1. The molecule has 0 unspecified atom stereocenters. The number of benzene rings is 7. The lowest BCUT2D eigenvalue weighted by atomic mass is 9.93. The van der Waals surface area contributed by atoms with Crippen LogP contribution in [0, 0.1) is 13.8 Å². The van der Waals surface area contributed by atoms with E-state index in [-0.39, 0.29) is 0 Å². The molecule has 0 fully saturated rings. The van der Waals surface area contributed by atoms with E-state index in [4.69, 9.17) is 0 Å². The van der Waals surface area contributed by atoms with E-state index in [1.54, 1.807) is 0 Å². The standard InChI is InChI=1S/C44H33N/c1-30-10-6-7-13-39(30)40-26-22-36(28-31(40)2)37-23-27-42-41-14-8-9-15-43(41)45(44(42)29-37)38-24-20-35(21-25-38)34-18-16-33(17-19-34)32-11-4-3-5-12-32/h3-29H,1-2H3. The summed E-state index contributed by atoms with van der Waals surface area (Å²) in [6.45, 7) is 4.40. The van der Waals surface area contributed by atoms with Crippen LogP contribution in [0.4, 0.5) is 0 Å². The number of hydrogen-bond donors (Lipinski definition) is 0. The highest BCUT2D eigenvalue weighted by Gasteiger charge is 2.14. The molecule has 0 spiro atoms. The summed E-state index contributed by atoms with van der Waals surface area (Å²) in [7, 11) is 0. The van der Waals surface area contributed by atoms with Gasteiger partial charge in [0.15, 0.2) is 0 Å². The first kappa shape index (κ1) is 26.9. The predicted molar refractivity (Wildman–Crippen MR) is 192 cm³/mol. The fraction of sp³-hybridized carbons (Fsp3) is 0.0455. The minimum Gasteiger partial charge on any atom is -0.309 e. The van der Waals surface area contributed by atoms with Crippen molar-refractivity contribution < 1.29 is 0 Å². The summed E-state index contributed by atoms with van der Waals surface area (Å²) in [6, 6.07) is 59.5. The molecule has 0 N–H and O–H groups in total. The Hall–Kier alpha value is -5.66. The van der Waals surface area contributed by atoms with Crippen molar-refractivity contribution in [3.63, 3.8) is 0 Å². The molecule has 0 radical (unpaired) electrons. The zero-order valence-corrected chi connectivity index (χ0v) is 25.5. The first-order chi connectivity index (χ1) is 22.1. The molecule has 214 valence electrons. The molecule has 0 amide bonds. The van der Waals surface area contributed by atoms with Gasteiger partial charge in [-0.1, -0.05) is 140 Å². The van der Waals surface area contributed by atoms with Crippen molar-refractivity contribution in [1.82, 2.24) is 4.57 Å². The number of nitrogens with zero attached hydrogens (tertiary/aromatic N) is 1. The lowest BCUT2D eigenvalue weighted by Gasteiger charge is -2.13. The van der Waals surface area contributed by atoms with Gasteiger partial charge in [0.1, 0.15) is 0 Å². The quantitative estimate of drug-likeness (QED) is 0.192. The Bertz CT molecular complexity index is 2300. The van der Waals surface area contributed by atoms with E-state index in [2.05, 4.69) is 182 Å². The van der Waals surface area contributed by atoms with Gasteiger partial charge in [-0.15, -0.1) is 0 Å². The van der Waals surface area contributed by atoms with Crippen molar-refractivity contribution in [3.05, 3.63) is 175 Å². The molecule has 0 saturated carbocycles. The SMILES string of the molecule is Cc1ccccc1-c1ccc(-c2ccc3c4ccccc4n(-c4ccc(-c5ccc(-c6ccccc6)cc5)cc4)c3c2)cc1C. The van der Waals surface area contributed by atoms with Gasteiger partial charge in [0.25, 0.3) is 0 Å². The molecule has 0 saturated heterocycles. The fourth-order valence-corrected chi connectivity index (χ4v) is 6.74. The average Bonchev–Trinajstić information content (AvgIpc) is 3.43. The Morgan fingerprint density at radius 3 is 1.56 bits per heavy atom. The van der Waals surface area contributed by atoms with Gasteiger partial charge in [0.2, 0.25) is 0 Å². The highest BCUT2D eigenvalue weighted by molar-refractivity contribution is 6.10. The number of fused-ring (bicyclic) bond motifs is 3. The summed E-state index contributed by atoms with van der Waals surface area (Å²) in [6.07, 6.45) is 0. The zero-order chi connectivity index (χ0) is 30.3. The Balaban J connectivity index is 1.18. The molecule has 8 aromatic rings. The van der Waals surface area contributed by atoms with Crippen molar-refractivity contribution in [1.29, 1.82) is 0 Å². The Labute approximate surface area is 264 Å². The van der Waals surface area contributed by atoms with Gasteiger partial charge in [0, 0.05) is 16.5 Å². The third-order valence-corrected chi connectivity index (χ3v) is 9.12. The van der Waals surface area contributed by atoms with Crippen LogP contribution in [0.2, 0.25) is 0 Å². The molecule has 1 aromatic heterocycles. The zero-order valence-electron chi connectivity index (χ0n) is 25.5. The van der Waals surface area contributed by atoms with Crippen molar-refractivity contribution >= 4 is 21.8 Å². The summed E-state index contributed by atoms with van der Waals surface area (Å²) < 4.78 is 2.41. The molecular formula is C44H33N. The smallest absolute Gasteiger partial charge is 0.0547 e. The summed E-state index contributed by atoms with van der Waals surface area (Å²) in [4.78, 5) is 0. The predicted octanol–water partition coefficient (Wildman–Crippen LogP) is 12.1. The summed E-state index contributed by atoms with van der Waals surface area (Å²) in [5.41, 5.74) is 16.1. The summed E-state index contributed by atoms with van der Waals surface area (Å²) >= 11 is 0. The van der Waals surface area contributed by atoms with Crippen LogP contribution in [0.15, 0.2) is 164 Å². The second-order valence-corrected chi connectivity index (χ2v) is 11.9. The van der Waals surface area contributed by atoms with Gasteiger partial charge < -0.3 is 4.57 Å². The number of rotatable bonds is 5. The first-order valence-electron chi connectivity index (χ1n) is 15.6. The lowest BCUT2D eigenvalue weighted by Crippen LogP contribution is -1.94. The molecule has 1 nitrogen and oxygen atoms in total. The monoisotopic (exact) mass is 575 g/mol. The molecule has 0 bridgehead atoms. The largest absolute Gasteiger partial charge is 0.309 e. The third-order valence-electron chi connectivity index (χ3n) is 9.12. The second kappa shape index (κ2) is 11.1. The molecule has 7 aromatic carbocycles. The fourth-order valence-electron chi connectivity index (χ4n) is 6.74. The minimum atomic E-state index is 1.16. The maximum absolute atomic E-state index is 2.41. The van der Waals surface area contributed by atoms with Gasteiger partial charge >= 0.3 is 0 Å². The normalized spacial score (nSPS) is 11.3. The van der Waals surface area contributed by atoms with E-state index < -0.39 is 0 Å². The Kier molecular flexibility index (Phi) is 6.65. The highest BCUT2D eigenvalue weighted by atomic mass is 15.0. The van der Waals surface area contributed by atoms with Crippen LogP contribution in [-0.2, 0) is 0 Å². The minimum absolute atomic E-state index is 1.16. The van der Waals surface area contributed by atoms with Crippen molar-refractivity contribution in [3.8, 4) is 50.2 Å². The van der Waals surface area contributed by atoms with E-state index in [1.807, 2.05) is 0 Å². The van der Waals surface area contributed by atoms with Crippen LogP contribution in [0.5, 0.6) is 0 Å². The van der Waals surface area contributed by atoms with Gasteiger partial charge in [-0.3, -0.25) is 0 Å². The molecule has 45 heavy (non-hydrogen) atoms. The van der Waals surface area contributed by atoms with Gasteiger partial charge in [-0.05, 0) is 93.7 Å². The molecule has 0 aliphatic heterocycles. The van der Waals surface area contributed by atoms with E-state index in [1.165, 1.54) is 77.4 Å². The van der Waals surface area contributed by atoms with E-state index >= 15 is 0 Å². The van der Waals surface area contributed by atoms with Crippen LogP contribution in [0.25, 0.3) is 72.0 Å². The van der Waals surface area contributed by atoms with E-state index in [9.17, 15) is 0 Å². The van der Waals surface area contributed by atoms with Gasteiger partial charge in [-0.2, -0.15) is 0 Å². The van der Waals surface area contributed by atoms with Crippen LogP contribution in [-0.4, -0.2) is 4.57 Å². The molecule has 1 heteroatoms. The van der Waals surface area contributed by atoms with E-state index in [0.29, 0.717) is 0 Å². The second-order valence-electron chi connectivity index (χ2n) is 11.9. The number of aryl methyl sites for hydroxylation is 2. The van der Waals surface area contributed by atoms with Crippen molar-refractivity contribution in [2.75, 3.05) is 0 Å². The van der Waals surface area contributed by atoms with Crippen LogP contribution < -0.4 is 0 Å². The highest BCUT2D eigenvalue weighted by Crippen LogP contribution is 2.37.